The van der Waals surface area contributed by atoms with Gasteiger partial charge in [0.2, 0.25) is 5.76 Å². The molecule has 0 bridgehead atoms. The lowest BCUT2D eigenvalue weighted by Crippen LogP contribution is -2.36. The van der Waals surface area contributed by atoms with E-state index in [-0.39, 0.29) is 12.2 Å². The normalized spacial score (nSPS) is 11.8. The highest BCUT2D eigenvalue weighted by Crippen LogP contribution is 2.23. The molecule has 0 aliphatic rings. The summed E-state index contributed by atoms with van der Waals surface area (Å²) in [5, 5.41) is 12.4. The molecule has 7 nitrogen and oxygen atoms in total. The number of H-pyrrole nitrogens is 1. The van der Waals surface area contributed by atoms with Gasteiger partial charge >= 0.3 is 11.7 Å². The number of hydrogen-bond acceptors (Lipinski definition) is 4. The van der Waals surface area contributed by atoms with Crippen LogP contribution < -0.4 is 11.1 Å². The Morgan fingerprint density at radius 1 is 1.14 bits per heavy atom. The molecule has 0 saturated carbocycles. The van der Waals surface area contributed by atoms with Gasteiger partial charge in [0.25, 0.3) is 5.91 Å². The summed E-state index contributed by atoms with van der Waals surface area (Å²) in [7, 11) is 0. The number of carboxylic acid groups (broad SMARTS) is 1. The smallest absolute Gasteiger partial charge is 0.416 e. The first kappa shape index (κ1) is 20.4. The lowest BCUT2D eigenvalue weighted by molar-refractivity contribution is -0.137. The molecule has 3 aromatic rings. The van der Waals surface area contributed by atoms with Gasteiger partial charge in [0.15, 0.2) is 0 Å². The number of halogens is 1. The molecule has 0 aliphatic heterocycles. The molecule has 3 rings (SSSR count). The first-order valence-corrected chi connectivity index (χ1v) is 9.34. The summed E-state index contributed by atoms with van der Waals surface area (Å²) in [6, 6.07) is 14.8. The molecule has 150 valence electrons. The SMILES string of the molecule is O=C(O)C[C@@H](CCc1ccc(-c2cccc(Cl)c2)cc1)NC(=O)c1c[nH]c(=O)o1. The number of aromatic amines is 1. The number of aliphatic carboxylic acids is 1. The molecule has 0 aliphatic carbocycles. The summed E-state index contributed by atoms with van der Waals surface area (Å²) in [4.78, 5) is 36.5. The summed E-state index contributed by atoms with van der Waals surface area (Å²) < 4.78 is 4.70. The second kappa shape index (κ2) is 9.25. The van der Waals surface area contributed by atoms with Gasteiger partial charge in [-0.25, -0.2) is 4.79 Å². The van der Waals surface area contributed by atoms with E-state index in [4.69, 9.17) is 21.1 Å². The predicted molar refractivity (Wildman–Crippen MR) is 108 cm³/mol. The quantitative estimate of drug-likeness (QED) is 0.522. The number of amides is 1. The third kappa shape index (κ3) is 5.83. The zero-order valence-electron chi connectivity index (χ0n) is 15.4. The number of carbonyl (C=O) groups excluding carboxylic acids is 1. The molecular weight excluding hydrogens is 396 g/mol. The van der Waals surface area contributed by atoms with Crippen LogP contribution in [0.2, 0.25) is 5.02 Å². The van der Waals surface area contributed by atoms with Crippen LogP contribution in [0.15, 0.2) is 63.9 Å². The van der Waals surface area contributed by atoms with Gasteiger partial charge < -0.3 is 14.8 Å². The number of aromatic nitrogens is 1. The summed E-state index contributed by atoms with van der Waals surface area (Å²) in [5.41, 5.74) is 3.04. The second-order valence-electron chi connectivity index (χ2n) is 6.56. The Hall–Kier alpha value is -3.32. The number of rotatable bonds is 8. The van der Waals surface area contributed by atoms with Crippen molar-refractivity contribution in [3.8, 4) is 11.1 Å². The highest BCUT2D eigenvalue weighted by Gasteiger charge is 2.19. The van der Waals surface area contributed by atoms with Gasteiger partial charge in [0.05, 0.1) is 12.6 Å². The van der Waals surface area contributed by atoms with E-state index in [2.05, 4.69) is 10.3 Å². The van der Waals surface area contributed by atoms with Crippen LogP contribution in [-0.2, 0) is 11.2 Å². The molecule has 1 heterocycles. The minimum Gasteiger partial charge on any atom is -0.481 e. The van der Waals surface area contributed by atoms with Gasteiger partial charge in [-0.15, -0.1) is 0 Å². The number of nitrogens with one attached hydrogen (secondary N) is 2. The predicted octanol–water partition coefficient (Wildman–Crippen LogP) is 3.49. The van der Waals surface area contributed by atoms with E-state index in [1.54, 1.807) is 0 Å². The third-order valence-electron chi connectivity index (χ3n) is 4.40. The number of carboxylic acids is 1. The standard InChI is InChI=1S/C21H19ClN2O5/c22-16-3-1-2-15(10-16)14-7-4-13(5-8-14)6-9-17(11-19(25)26)24-20(27)18-12-23-21(28)29-18/h1-5,7-8,10,12,17H,6,9,11H2,(H,23,28)(H,24,27)(H,25,26)/t17-/m1/s1. The van der Waals surface area contributed by atoms with Crippen LogP contribution in [-0.4, -0.2) is 28.0 Å². The first-order valence-electron chi connectivity index (χ1n) is 8.97. The Labute approximate surface area is 171 Å². The molecule has 1 atom stereocenters. The molecule has 0 saturated heterocycles. The van der Waals surface area contributed by atoms with Crippen molar-refractivity contribution in [1.82, 2.24) is 10.3 Å². The van der Waals surface area contributed by atoms with E-state index >= 15 is 0 Å². The van der Waals surface area contributed by atoms with Crippen molar-refractivity contribution in [1.29, 1.82) is 0 Å². The Balaban J connectivity index is 1.63. The number of aryl methyl sites for hydroxylation is 1. The van der Waals surface area contributed by atoms with E-state index in [1.165, 1.54) is 0 Å². The van der Waals surface area contributed by atoms with Gasteiger partial charge in [0.1, 0.15) is 0 Å². The molecule has 0 spiro atoms. The van der Waals surface area contributed by atoms with Crippen molar-refractivity contribution in [2.75, 3.05) is 0 Å². The zero-order valence-corrected chi connectivity index (χ0v) is 16.1. The van der Waals surface area contributed by atoms with E-state index in [0.29, 0.717) is 17.9 Å². The number of benzene rings is 2. The summed E-state index contributed by atoms with van der Waals surface area (Å²) in [6.45, 7) is 0. The minimum atomic E-state index is -1.03. The van der Waals surface area contributed by atoms with Gasteiger partial charge in [-0.2, -0.15) is 0 Å². The highest BCUT2D eigenvalue weighted by molar-refractivity contribution is 6.30. The van der Waals surface area contributed by atoms with Gasteiger partial charge in [-0.3, -0.25) is 14.6 Å². The van der Waals surface area contributed by atoms with Crippen molar-refractivity contribution in [2.45, 2.75) is 25.3 Å². The van der Waals surface area contributed by atoms with Crippen molar-refractivity contribution in [3.05, 3.63) is 81.6 Å². The Morgan fingerprint density at radius 2 is 1.90 bits per heavy atom. The van der Waals surface area contributed by atoms with Crippen LogP contribution in [0.5, 0.6) is 0 Å². The molecule has 8 heteroatoms. The molecule has 29 heavy (non-hydrogen) atoms. The monoisotopic (exact) mass is 414 g/mol. The fraction of sp³-hybridized carbons (Fsp3) is 0.190. The number of oxazole rings is 1. The second-order valence-corrected chi connectivity index (χ2v) is 6.99. The third-order valence-corrected chi connectivity index (χ3v) is 4.63. The molecule has 0 fully saturated rings. The topological polar surface area (TPSA) is 112 Å². The molecule has 1 aromatic heterocycles. The van der Waals surface area contributed by atoms with Gasteiger partial charge in [-0.1, -0.05) is 48.0 Å². The van der Waals surface area contributed by atoms with Gasteiger partial charge in [-0.05, 0) is 41.7 Å². The Kier molecular flexibility index (Phi) is 6.51. The van der Waals surface area contributed by atoms with Crippen molar-refractivity contribution >= 4 is 23.5 Å². The first-order chi connectivity index (χ1) is 13.9. The summed E-state index contributed by atoms with van der Waals surface area (Å²) >= 11 is 6.03. The van der Waals surface area contributed by atoms with E-state index in [1.807, 2.05) is 48.5 Å². The maximum Gasteiger partial charge on any atom is 0.416 e. The van der Waals surface area contributed by atoms with E-state index in [0.717, 1.165) is 22.9 Å². The van der Waals surface area contributed by atoms with Crippen LogP contribution in [0.1, 0.15) is 29.0 Å². The fourth-order valence-electron chi connectivity index (χ4n) is 2.96. The summed E-state index contributed by atoms with van der Waals surface area (Å²) in [5.74, 6) is -2.59. The van der Waals surface area contributed by atoms with Crippen molar-refractivity contribution in [3.63, 3.8) is 0 Å². The number of carbonyl (C=O) groups is 2. The average Bonchev–Trinajstić information content (AvgIpc) is 3.13. The van der Waals surface area contributed by atoms with Crippen molar-refractivity contribution in [2.24, 2.45) is 0 Å². The largest absolute Gasteiger partial charge is 0.481 e. The molecular formula is C21H19ClN2O5. The molecule has 0 radical (unpaired) electrons. The number of hydrogen-bond donors (Lipinski definition) is 3. The van der Waals surface area contributed by atoms with Crippen molar-refractivity contribution < 1.29 is 19.1 Å². The lowest BCUT2D eigenvalue weighted by atomic mass is 9.99. The highest BCUT2D eigenvalue weighted by atomic mass is 35.5. The van der Waals surface area contributed by atoms with Crippen LogP contribution in [0.25, 0.3) is 11.1 Å². The van der Waals surface area contributed by atoms with E-state index < -0.39 is 23.7 Å². The van der Waals surface area contributed by atoms with Gasteiger partial charge in [0, 0.05) is 11.1 Å². The average molecular weight is 415 g/mol. The zero-order chi connectivity index (χ0) is 20.8. The van der Waals surface area contributed by atoms with Crippen LogP contribution in [0.3, 0.4) is 0 Å². The molecule has 3 N–H and O–H groups in total. The summed E-state index contributed by atoms with van der Waals surface area (Å²) in [6.07, 6.45) is 1.90. The maximum absolute atomic E-state index is 12.1. The van der Waals surface area contributed by atoms with Crippen LogP contribution in [0.4, 0.5) is 0 Å². The maximum atomic E-state index is 12.1. The Morgan fingerprint density at radius 3 is 2.52 bits per heavy atom. The van der Waals surface area contributed by atoms with E-state index in [9.17, 15) is 14.4 Å². The Bertz CT molecular complexity index is 1060. The fourth-order valence-corrected chi connectivity index (χ4v) is 3.15. The van der Waals surface area contributed by atoms with Crippen LogP contribution >= 0.6 is 11.6 Å². The molecule has 1 amide bonds. The minimum absolute atomic E-state index is 0.184. The van der Waals surface area contributed by atoms with Crippen LogP contribution in [0, 0.1) is 0 Å². The molecule has 2 aromatic carbocycles. The lowest BCUT2D eigenvalue weighted by Gasteiger charge is -2.16. The molecule has 0 unspecified atom stereocenters.